The van der Waals surface area contributed by atoms with Crippen LogP contribution in [0, 0.1) is 0 Å². The number of carbonyl (C=O) groups is 1. The molecule has 1 aliphatic heterocycles. The quantitative estimate of drug-likeness (QED) is 0.686. The van der Waals surface area contributed by atoms with Crippen molar-refractivity contribution >= 4 is 5.91 Å². The number of carbonyl (C=O) groups excluding carboxylic acids is 1. The molecule has 1 heterocycles. The Hall–Kier alpha value is -1.31. The highest BCUT2D eigenvalue weighted by Gasteiger charge is 2.14. The zero-order valence-corrected chi connectivity index (χ0v) is 7.97. The predicted molar refractivity (Wildman–Crippen MR) is 54.3 cm³/mol. The Labute approximate surface area is 79.0 Å². The van der Waals surface area contributed by atoms with Crippen LogP contribution in [-0.2, 0) is 4.79 Å². The van der Waals surface area contributed by atoms with E-state index in [1.807, 2.05) is 12.2 Å². The van der Waals surface area contributed by atoms with Crippen LogP contribution in [0.2, 0.25) is 0 Å². The van der Waals surface area contributed by atoms with Crippen molar-refractivity contribution in [2.75, 3.05) is 6.54 Å². The summed E-state index contributed by atoms with van der Waals surface area (Å²) in [6, 6.07) is 0. The van der Waals surface area contributed by atoms with Crippen molar-refractivity contribution in [3.05, 3.63) is 36.0 Å². The number of allylic oxidation sites excluding steroid dienone is 3. The van der Waals surface area contributed by atoms with Crippen LogP contribution < -0.4 is 5.32 Å². The Morgan fingerprint density at radius 2 is 2.38 bits per heavy atom. The molecule has 0 aliphatic carbocycles. The van der Waals surface area contributed by atoms with Gasteiger partial charge in [-0.15, -0.1) is 0 Å². The Morgan fingerprint density at radius 1 is 1.62 bits per heavy atom. The Kier molecular flexibility index (Phi) is 3.50. The average molecular weight is 177 g/mol. The van der Waals surface area contributed by atoms with Crippen LogP contribution in [0.15, 0.2) is 36.0 Å². The molecule has 1 rings (SSSR count). The summed E-state index contributed by atoms with van der Waals surface area (Å²) in [5.41, 5.74) is 2.06. The third-order valence-electron chi connectivity index (χ3n) is 1.97. The number of hydrogen-bond acceptors (Lipinski definition) is 1. The number of hydrogen-bond donors (Lipinski definition) is 1. The molecule has 1 N–H and O–H groups in total. The van der Waals surface area contributed by atoms with Crippen molar-refractivity contribution in [2.45, 2.75) is 19.8 Å². The van der Waals surface area contributed by atoms with E-state index in [2.05, 4.69) is 24.9 Å². The van der Waals surface area contributed by atoms with Crippen LogP contribution in [-0.4, -0.2) is 12.5 Å². The normalized spacial score (nSPS) is 21.2. The molecule has 0 aromatic carbocycles. The van der Waals surface area contributed by atoms with Crippen molar-refractivity contribution in [3.8, 4) is 0 Å². The third-order valence-corrected chi connectivity index (χ3v) is 1.97. The van der Waals surface area contributed by atoms with E-state index in [-0.39, 0.29) is 5.91 Å². The van der Waals surface area contributed by atoms with E-state index in [0.717, 1.165) is 17.6 Å². The highest BCUT2D eigenvalue weighted by Crippen LogP contribution is 2.15. The second-order valence-electron chi connectivity index (χ2n) is 3.09. The first-order valence-electron chi connectivity index (χ1n) is 4.54. The number of nitrogens with one attached hydrogen (secondary N) is 1. The molecular weight excluding hydrogens is 162 g/mol. The van der Waals surface area contributed by atoms with Gasteiger partial charge in [0, 0.05) is 6.54 Å². The van der Waals surface area contributed by atoms with Crippen molar-refractivity contribution in [2.24, 2.45) is 0 Å². The second kappa shape index (κ2) is 4.65. The molecule has 0 unspecified atom stereocenters. The predicted octanol–water partition coefficient (Wildman–Crippen LogP) is 1.96. The average Bonchev–Trinajstić information content (AvgIpc) is 2.11. The van der Waals surface area contributed by atoms with E-state index in [4.69, 9.17) is 0 Å². The zero-order chi connectivity index (χ0) is 9.68. The van der Waals surface area contributed by atoms with Gasteiger partial charge in [0.2, 0.25) is 5.91 Å². The van der Waals surface area contributed by atoms with E-state index >= 15 is 0 Å². The van der Waals surface area contributed by atoms with Gasteiger partial charge in [0.1, 0.15) is 0 Å². The zero-order valence-electron chi connectivity index (χ0n) is 7.97. The molecule has 0 atom stereocenters. The fourth-order valence-corrected chi connectivity index (χ4v) is 1.18. The largest absolute Gasteiger partial charge is 0.352 e. The van der Waals surface area contributed by atoms with Gasteiger partial charge >= 0.3 is 0 Å². The van der Waals surface area contributed by atoms with E-state index in [1.54, 1.807) is 0 Å². The fourth-order valence-electron chi connectivity index (χ4n) is 1.18. The maximum Gasteiger partial charge on any atom is 0.224 e. The Morgan fingerprint density at radius 3 is 3.08 bits per heavy atom. The van der Waals surface area contributed by atoms with E-state index in [0.29, 0.717) is 13.0 Å². The van der Waals surface area contributed by atoms with Gasteiger partial charge in [-0.1, -0.05) is 31.7 Å². The van der Waals surface area contributed by atoms with Gasteiger partial charge in [-0.2, -0.15) is 0 Å². The summed E-state index contributed by atoms with van der Waals surface area (Å²) in [5, 5.41) is 2.75. The van der Waals surface area contributed by atoms with Crippen molar-refractivity contribution < 1.29 is 4.79 Å². The summed E-state index contributed by atoms with van der Waals surface area (Å²) in [6.45, 7) is 6.56. The number of amides is 1. The monoisotopic (exact) mass is 177 g/mol. The lowest BCUT2D eigenvalue weighted by atomic mass is 10.00. The standard InChI is InChI=1S/C11H15NO/c1-3-4-5-6-10-7-11(13)12-8-9(10)2/h4-6H,2-3,7-8H2,1H3,(H,12,13)/b5-4-,10-6-. The van der Waals surface area contributed by atoms with Gasteiger partial charge in [0.15, 0.2) is 0 Å². The van der Waals surface area contributed by atoms with Gasteiger partial charge in [0.05, 0.1) is 6.42 Å². The first kappa shape index (κ1) is 9.78. The lowest BCUT2D eigenvalue weighted by Gasteiger charge is -2.17. The molecule has 13 heavy (non-hydrogen) atoms. The molecule has 2 nitrogen and oxygen atoms in total. The first-order valence-corrected chi connectivity index (χ1v) is 4.54. The molecule has 1 aliphatic rings. The van der Waals surface area contributed by atoms with Crippen LogP contribution in [0.3, 0.4) is 0 Å². The highest BCUT2D eigenvalue weighted by atomic mass is 16.1. The summed E-state index contributed by atoms with van der Waals surface area (Å²) in [4.78, 5) is 11.0. The molecule has 0 saturated carbocycles. The SMILES string of the molecule is C=C1CNC(=O)C/C1=C/C=C\CC. The van der Waals surface area contributed by atoms with E-state index in [1.165, 1.54) is 0 Å². The number of rotatable bonds is 2. The fraction of sp³-hybridized carbons (Fsp3) is 0.364. The Bertz CT molecular complexity index is 274. The lowest BCUT2D eigenvalue weighted by Crippen LogP contribution is -2.31. The van der Waals surface area contributed by atoms with Gasteiger partial charge in [0.25, 0.3) is 0 Å². The first-order chi connectivity index (χ1) is 6.24. The van der Waals surface area contributed by atoms with Crippen LogP contribution in [0.1, 0.15) is 19.8 Å². The molecule has 0 aromatic heterocycles. The molecule has 0 aromatic rings. The maximum atomic E-state index is 11.0. The molecule has 1 saturated heterocycles. The highest BCUT2D eigenvalue weighted by molar-refractivity contribution is 5.82. The van der Waals surface area contributed by atoms with Gasteiger partial charge in [-0.3, -0.25) is 4.79 Å². The molecule has 0 spiro atoms. The third kappa shape index (κ3) is 2.90. The van der Waals surface area contributed by atoms with Crippen molar-refractivity contribution in [1.29, 1.82) is 0 Å². The minimum absolute atomic E-state index is 0.0866. The van der Waals surface area contributed by atoms with Gasteiger partial charge in [-0.05, 0) is 17.6 Å². The van der Waals surface area contributed by atoms with Crippen LogP contribution in [0.4, 0.5) is 0 Å². The van der Waals surface area contributed by atoms with Gasteiger partial charge in [-0.25, -0.2) is 0 Å². The summed E-state index contributed by atoms with van der Waals surface area (Å²) in [5.74, 6) is 0.0866. The maximum absolute atomic E-state index is 11.0. The minimum atomic E-state index is 0.0866. The van der Waals surface area contributed by atoms with E-state index < -0.39 is 0 Å². The Balaban J connectivity index is 2.65. The molecule has 1 fully saturated rings. The number of piperidine rings is 1. The molecular formula is C11H15NO. The molecule has 0 bridgehead atoms. The molecule has 0 radical (unpaired) electrons. The summed E-state index contributed by atoms with van der Waals surface area (Å²) < 4.78 is 0. The minimum Gasteiger partial charge on any atom is -0.352 e. The van der Waals surface area contributed by atoms with Crippen LogP contribution >= 0.6 is 0 Å². The summed E-state index contributed by atoms with van der Waals surface area (Å²) in [7, 11) is 0. The molecule has 1 amide bonds. The lowest BCUT2D eigenvalue weighted by molar-refractivity contribution is -0.120. The topological polar surface area (TPSA) is 29.1 Å². The van der Waals surface area contributed by atoms with Crippen LogP contribution in [0.5, 0.6) is 0 Å². The molecule has 70 valence electrons. The van der Waals surface area contributed by atoms with Crippen molar-refractivity contribution in [3.63, 3.8) is 0 Å². The summed E-state index contributed by atoms with van der Waals surface area (Å²) >= 11 is 0. The van der Waals surface area contributed by atoms with Crippen LogP contribution in [0.25, 0.3) is 0 Å². The van der Waals surface area contributed by atoms with Crippen molar-refractivity contribution in [1.82, 2.24) is 5.32 Å². The van der Waals surface area contributed by atoms with E-state index in [9.17, 15) is 4.79 Å². The molecule has 2 heteroatoms. The smallest absolute Gasteiger partial charge is 0.224 e. The summed E-state index contributed by atoms with van der Waals surface area (Å²) in [6.07, 6.45) is 7.51. The van der Waals surface area contributed by atoms with Gasteiger partial charge < -0.3 is 5.32 Å². The second-order valence-corrected chi connectivity index (χ2v) is 3.09.